The summed E-state index contributed by atoms with van der Waals surface area (Å²) in [6.45, 7) is 0.656. The maximum Gasteiger partial charge on any atom is 0.223 e. The third kappa shape index (κ3) is 2.91. The molecule has 4 aliphatic carbocycles. The Morgan fingerprint density at radius 3 is 2.46 bits per heavy atom. The standard InChI is InChI=1S/C23H28N2O/c1-25(15-19-9-20-4-2-3-5-21(20)24-14-19)22(26)13-23-10-16-6-17(11-23)8-18(7-16)12-23/h2-5,9,14,16-18H,6-8,10-13,15H2,1H3. The summed E-state index contributed by atoms with van der Waals surface area (Å²) in [5, 5.41) is 1.15. The maximum absolute atomic E-state index is 13.0. The lowest BCUT2D eigenvalue weighted by molar-refractivity contribution is -0.138. The van der Waals surface area contributed by atoms with E-state index in [-0.39, 0.29) is 0 Å². The van der Waals surface area contributed by atoms with Crippen LogP contribution >= 0.6 is 0 Å². The van der Waals surface area contributed by atoms with Crippen LogP contribution in [0.3, 0.4) is 0 Å². The van der Waals surface area contributed by atoms with E-state index in [1.165, 1.54) is 38.5 Å². The van der Waals surface area contributed by atoms with Gasteiger partial charge in [0.2, 0.25) is 5.91 Å². The van der Waals surface area contributed by atoms with Crippen LogP contribution in [-0.4, -0.2) is 22.8 Å². The van der Waals surface area contributed by atoms with Gasteiger partial charge in [-0.15, -0.1) is 0 Å². The minimum atomic E-state index is 0.320. The van der Waals surface area contributed by atoms with Gasteiger partial charge >= 0.3 is 0 Å². The molecule has 0 aliphatic heterocycles. The first-order valence-electron chi connectivity index (χ1n) is 10.2. The van der Waals surface area contributed by atoms with Gasteiger partial charge in [-0.05, 0) is 79.4 Å². The molecule has 3 heteroatoms. The third-order valence-corrected chi connectivity index (χ3v) is 7.18. The van der Waals surface area contributed by atoms with Crippen LogP contribution in [0, 0.1) is 23.2 Å². The number of fused-ring (bicyclic) bond motifs is 1. The van der Waals surface area contributed by atoms with Crippen LogP contribution in [0.2, 0.25) is 0 Å². The predicted molar refractivity (Wildman–Crippen MR) is 103 cm³/mol. The van der Waals surface area contributed by atoms with E-state index in [4.69, 9.17) is 0 Å². The van der Waals surface area contributed by atoms with Crippen LogP contribution in [0.4, 0.5) is 0 Å². The quantitative estimate of drug-likeness (QED) is 0.795. The zero-order chi connectivity index (χ0) is 17.7. The number of carbonyl (C=O) groups excluding carboxylic acids is 1. The number of hydrogen-bond donors (Lipinski definition) is 0. The predicted octanol–water partition coefficient (Wildman–Crippen LogP) is 4.80. The lowest BCUT2D eigenvalue weighted by Gasteiger charge is -2.56. The SMILES string of the molecule is CN(Cc1cnc2ccccc2c1)C(=O)CC12CC3CC(CC(C3)C1)C2. The second kappa shape index (κ2) is 6.07. The molecular weight excluding hydrogens is 320 g/mol. The fourth-order valence-corrected chi connectivity index (χ4v) is 6.53. The van der Waals surface area contributed by atoms with Crippen molar-refractivity contribution in [3.05, 3.63) is 42.1 Å². The Morgan fingerprint density at radius 1 is 1.12 bits per heavy atom. The number of para-hydroxylation sites is 1. The molecule has 4 aliphatic rings. The van der Waals surface area contributed by atoms with Crippen molar-refractivity contribution in [2.75, 3.05) is 7.05 Å². The van der Waals surface area contributed by atoms with E-state index in [0.717, 1.165) is 40.6 Å². The van der Waals surface area contributed by atoms with E-state index in [0.29, 0.717) is 17.9 Å². The molecule has 6 rings (SSSR count). The van der Waals surface area contributed by atoms with Crippen LogP contribution < -0.4 is 0 Å². The summed E-state index contributed by atoms with van der Waals surface area (Å²) in [6.07, 6.45) is 10.9. The van der Waals surface area contributed by atoms with Gasteiger partial charge in [0.1, 0.15) is 0 Å². The molecular formula is C23H28N2O. The van der Waals surface area contributed by atoms with Crippen molar-refractivity contribution < 1.29 is 4.79 Å². The second-order valence-electron chi connectivity index (χ2n) is 9.38. The third-order valence-electron chi connectivity index (χ3n) is 7.18. The molecule has 136 valence electrons. The molecule has 1 aromatic heterocycles. The summed E-state index contributed by atoms with van der Waals surface area (Å²) >= 11 is 0. The fraction of sp³-hybridized carbons (Fsp3) is 0.565. The lowest BCUT2D eigenvalue weighted by Crippen LogP contribution is -2.48. The van der Waals surface area contributed by atoms with E-state index in [9.17, 15) is 4.79 Å². The number of pyridine rings is 1. The van der Waals surface area contributed by atoms with Crippen LogP contribution in [0.15, 0.2) is 36.5 Å². The molecule has 0 saturated heterocycles. The molecule has 2 aromatic rings. The number of benzene rings is 1. The zero-order valence-electron chi connectivity index (χ0n) is 15.7. The van der Waals surface area contributed by atoms with Crippen LogP contribution in [0.1, 0.15) is 50.5 Å². The number of amides is 1. The first kappa shape index (κ1) is 16.3. The summed E-state index contributed by atoms with van der Waals surface area (Å²) in [4.78, 5) is 19.5. The Kier molecular flexibility index (Phi) is 3.80. The number of carbonyl (C=O) groups is 1. The Hall–Kier alpha value is -1.90. The highest BCUT2D eigenvalue weighted by Crippen LogP contribution is 2.61. The van der Waals surface area contributed by atoms with Crippen LogP contribution in [0.25, 0.3) is 10.9 Å². The van der Waals surface area contributed by atoms with E-state index >= 15 is 0 Å². The summed E-state index contributed by atoms with van der Waals surface area (Å²) in [5.41, 5.74) is 2.45. The smallest absolute Gasteiger partial charge is 0.223 e. The monoisotopic (exact) mass is 348 g/mol. The lowest BCUT2D eigenvalue weighted by atomic mass is 9.49. The number of nitrogens with zero attached hydrogens (tertiary/aromatic N) is 2. The van der Waals surface area contributed by atoms with E-state index in [2.05, 4.69) is 17.1 Å². The second-order valence-corrected chi connectivity index (χ2v) is 9.38. The van der Waals surface area contributed by atoms with Gasteiger partial charge in [-0.3, -0.25) is 9.78 Å². The first-order chi connectivity index (χ1) is 12.6. The molecule has 26 heavy (non-hydrogen) atoms. The molecule has 0 atom stereocenters. The maximum atomic E-state index is 13.0. The Morgan fingerprint density at radius 2 is 1.77 bits per heavy atom. The van der Waals surface area contributed by atoms with Crippen molar-refractivity contribution in [1.82, 2.24) is 9.88 Å². The van der Waals surface area contributed by atoms with E-state index < -0.39 is 0 Å². The van der Waals surface area contributed by atoms with Crippen molar-refractivity contribution in [3.8, 4) is 0 Å². The highest BCUT2D eigenvalue weighted by molar-refractivity contribution is 5.79. The molecule has 4 fully saturated rings. The number of hydrogen-bond acceptors (Lipinski definition) is 2. The first-order valence-corrected chi connectivity index (χ1v) is 10.2. The molecule has 3 nitrogen and oxygen atoms in total. The highest BCUT2D eigenvalue weighted by atomic mass is 16.2. The van der Waals surface area contributed by atoms with Gasteiger partial charge in [0.25, 0.3) is 0 Å². The van der Waals surface area contributed by atoms with E-state index in [1.54, 1.807) is 0 Å². The van der Waals surface area contributed by atoms with Gasteiger partial charge in [0, 0.05) is 31.6 Å². The summed E-state index contributed by atoms with van der Waals surface area (Å²) < 4.78 is 0. The minimum Gasteiger partial charge on any atom is -0.341 e. The number of aromatic nitrogens is 1. The van der Waals surface area contributed by atoms with Gasteiger partial charge in [0.05, 0.1) is 5.52 Å². The Labute approximate surface area is 155 Å². The average molecular weight is 348 g/mol. The van der Waals surface area contributed by atoms with Gasteiger partial charge in [-0.2, -0.15) is 0 Å². The van der Waals surface area contributed by atoms with Crippen molar-refractivity contribution in [3.63, 3.8) is 0 Å². The molecule has 4 saturated carbocycles. The van der Waals surface area contributed by atoms with Crippen LogP contribution in [0.5, 0.6) is 0 Å². The van der Waals surface area contributed by atoms with Gasteiger partial charge in [-0.1, -0.05) is 18.2 Å². The molecule has 1 amide bonds. The zero-order valence-corrected chi connectivity index (χ0v) is 15.7. The van der Waals surface area contributed by atoms with Gasteiger partial charge < -0.3 is 4.90 Å². The van der Waals surface area contributed by atoms with Crippen molar-refractivity contribution in [1.29, 1.82) is 0 Å². The molecule has 0 N–H and O–H groups in total. The highest BCUT2D eigenvalue weighted by Gasteiger charge is 2.51. The molecule has 0 unspecified atom stereocenters. The summed E-state index contributed by atoms with van der Waals surface area (Å²) in [5.74, 6) is 3.04. The minimum absolute atomic E-state index is 0.320. The van der Waals surface area contributed by atoms with Gasteiger partial charge in [-0.25, -0.2) is 0 Å². The Bertz CT molecular complexity index is 808. The molecule has 0 radical (unpaired) electrons. The van der Waals surface area contributed by atoms with Crippen LogP contribution in [-0.2, 0) is 11.3 Å². The normalized spacial score (nSPS) is 32.1. The fourth-order valence-electron chi connectivity index (χ4n) is 6.53. The number of rotatable bonds is 4. The van der Waals surface area contributed by atoms with E-state index in [1.807, 2.05) is 36.3 Å². The Balaban J connectivity index is 1.28. The van der Waals surface area contributed by atoms with Crippen molar-refractivity contribution >= 4 is 16.8 Å². The summed E-state index contributed by atoms with van der Waals surface area (Å²) in [6, 6.07) is 10.3. The molecule has 1 aromatic carbocycles. The molecule has 0 spiro atoms. The van der Waals surface area contributed by atoms with Crippen molar-refractivity contribution in [2.45, 2.75) is 51.5 Å². The topological polar surface area (TPSA) is 33.2 Å². The average Bonchev–Trinajstić information content (AvgIpc) is 2.60. The largest absolute Gasteiger partial charge is 0.341 e. The summed E-state index contributed by atoms with van der Waals surface area (Å²) in [7, 11) is 1.96. The molecule has 1 heterocycles. The van der Waals surface area contributed by atoms with Crippen molar-refractivity contribution in [2.24, 2.45) is 23.2 Å². The molecule has 4 bridgehead atoms. The van der Waals surface area contributed by atoms with Gasteiger partial charge in [0.15, 0.2) is 0 Å².